The third kappa shape index (κ3) is 1.92. The van der Waals surface area contributed by atoms with Gasteiger partial charge in [0.1, 0.15) is 0 Å². The number of carbonyl (C=O) groups is 1. The molecule has 2 nitrogen and oxygen atoms in total. The molecule has 1 saturated carbocycles. The Bertz CT molecular complexity index is 659. The zero-order chi connectivity index (χ0) is 14.4. The van der Waals surface area contributed by atoms with E-state index in [-0.39, 0.29) is 11.5 Å². The summed E-state index contributed by atoms with van der Waals surface area (Å²) in [6, 6.07) is 12.6. The molecule has 2 heterocycles. The fourth-order valence-corrected chi connectivity index (χ4v) is 5.06. The molecule has 0 bridgehead atoms. The second-order valence-electron chi connectivity index (χ2n) is 5.93. The van der Waals surface area contributed by atoms with E-state index in [4.69, 9.17) is 0 Å². The highest BCUT2D eigenvalue weighted by Gasteiger charge is 2.62. The molecule has 1 spiro atoms. The van der Waals surface area contributed by atoms with Gasteiger partial charge in [-0.15, -0.1) is 11.3 Å². The molecule has 1 saturated heterocycles. The van der Waals surface area contributed by atoms with Crippen LogP contribution in [0, 0.1) is 5.41 Å². The fraction of sp³-hybridized carbons (Fsp3) is 0.353. The Labute approximate surface area is 136 Å². The van der Waals surface area contributed by atoms with Gasteiger partial charge in [0, 0.05) is 15.0 Å². The molecular formula is C17H16BrNOS. The summed E-state index contributed by atoms with van der Waals surface area (Å²) >= 11 is 5.23. The maximum Gasteiger partial charge on any atom is 0.236 e. The number of carbonyl (C=O) groups excluding carboxylic acids is 1. The summed E-state index contributed by atoms with van der Waals surface area (Å²) in [5.41, 5.74) is 0.886. The standard InChI is InChI=1S/C17H16BrNOS/c18-12-5-7-13(8-6-12)19-15(14-4-3-11-21-14)17(16(19)20)9-1-2-10-17/h3-8,11,15H,1-2,9-10H2. The molecule has 21 heavy (non-hydrogen) atoms. The van der Waals surface area contributed by atoms with Crippen molar-refractivity contribution in [2.75, 3.05) is 4.90 Å². The lowest BCUT2D eigenvalue weighted by molar-refractivity contribution is -0.139. The molecule has 0 radical (unpaired) electrons. The van der Waals surface area contributed by atoms with Crippen LogP contribution < -0.4 is 4.90 Å². The van der Waals surface area contributed by atoms with Crippen LogP contribution in [0.5, 0.6) is 0 Å². The van der Waals surface area contributed by atoms with E-state index in [0.29, 0.717) is 5.91 Å². The summed E-state index contributed by atoms with van der Waals surface area (Å²) in [6.07, 6.45) is 4.45. The molecule has 1 amide bonds. The lowest BCUT2D eigenvalue weighted by atomic mass is 9.68. The van der Waals surface area contributed by atoms with Gasteiger partial charge in [0.05, 0.1) is 11.5 Å². The molecule has 0 N–H and O–H groups in total. The molecular weight excluding hydrogens is 346 g/mol. The molecule has 4 rings (SSSR count). The van der Waals surface area contributed by atoms with Crippen molar-refractivity contribution >= 4 is 38.9 Å². The number of hydrogen-bond acceptors (Lipinski definition) is 2. The van der Waals surface area contributed by atoms with Crippen molar-refractivity contribution in [1.82, 2.24) is 0 Å². The van der Waals surface area contributed by atoms with Gasteiger partial charge in [0.25, 0.3) is 0 Å². The maximum atomic E-state index is 12.9. The number of amides is 1. The van der Waals surface area contributed by atoms with E-state index >= 15 is 0 Å². The lowest BCUT2D eigenvalue weighted by Crippen LogP contribution is -2.62. The van der Waals surface area contributed by atoms with Gasteiger partial charge in [-0.05, 0) is 48.6 Å². The molecule has 4 heteroatoms. The summed E-state index contributed by atoms with van der Waals surface area (Å²) in [7, 11) is 0. The lowest BCUT2D eigenvalue weighted by Gasteiger charge is -2.54. The molecule has 108 valence electrons. The van der Waals surface area contributed by atoms with Crippen molar-refractivity contribution in [2.24, 2.45) is 5.41 Å². The predicted octanol–water partition coefficient (Wildman–Crippen LogP) is 5.16. The third-order valence-electron chi connectivity index (χ3n) is 4.84. The molecule has 1 aromatic carbocycles. The molecule has 2 fully saturated rings. The number of benzene rings is 1. The summed E-state index contributed by atoms with van der Waals surface area (Å²) in [4.78, 5) is 16.2. The second-order valence-corrected chi connectivity index (χ2v) is 7.83. The van der Waals surface area contributed by atoms with Gasteiger partial charge in [-0.25, -0.2) is 0 Å². The van der Waals surface area contributed by atoms with Gasteiger partial charge < -0.3 is 4.90 Å². The molecule has 2 aliphatic rings. The van der Waals surface area contributed by atoms with Crippen LogP contribution in [0.2, 0.25) is 0 Å². The third-order valence-corrected chi connectivity index (χ3v) is 6.29. The van der Waals surface area contributed by atoms with Gasteiger partial charge in [-0.1, -0.05) is 34.8 Å². The number of nitrogens with zero attached hydrogens (tertiary/aromatic N) is 1. The van der Waals surface area contributed by atoms with Crippen molar-refractivity contribution in [1.29, 1.82) is 0 Å². The number of hydrogen-bond donors (Lipinski definition) is 0. The van der Waals surface area contributed by atoms with Crippen LogP contribution >= 0.6 is 27.3 Å². The Morgan fingerprint density at radius 3 is 2.48 bits per heavy atom. The quantitative estimate of drug-likeness (QED) is 0.676. The molecule has 2 aromatic rings. The first-order valence-electron chi connectivity index (χ1n) is 7.35. The first-order valence-corrected chi connectivity index (χ1v) is 9.02. The van der Waals surface area contributed by atoms with Gasteiger partial charge >= 0.3 is 0 Å². The highest BCUT2D eigenvalue weighted by molar-refractivity contribution is 9.10. The van der Waals surface area contributed by atoms with Crippen LogP contribution in [-0.4, -0.2) is 5.91 Å². The smallest absolute Gasteiger partial charge is 0.236 e. The SMILES string of the molecule is O=C1N(c2ccc(Br)cc2)C(c2cccs2)C12CCCC2. The number of thiophene rings is 1. The number of halogens is 1. The summed E-state index contributed by atoms with van der Waals surface area (Å²) in [5, 5.41) is 2.11. The van der Waals surface area contributed by atoms with E-state index in [9.17, 15) is 4.79 Å². The summed E-state index contributed by atoms with van der Waals surface area (Å²) in [6.45, 7) is 0. The van der Waals surface area contributed by atoms with E-state index in [1.165, 1.54) is 17.7 Å². The molecule has 1 atom stereocenters. The fourth-order valence-electron chi connectivity index (χ4n) is 3.86. The van der Waals surface area contributed by atoms with Crippen LogP contribution in [0.15, 0.2) is 46.3 Å². The minimum Gasteiger partial charge on any atom is -0.302 e. The van der Waals surface area contributed by atoms with Gasteiger partial charge in [0.15, 0.2) is 0 Å². The Balaban J connectivity index is 1.76. The maximum absolute atomic E-state index is 12.9. The Kier molecular flexibility index (Phi) is 3.19. The zero-order valence-electron chi connectivity index (χ0n) is 11.6. The second kappa shape index (κ2) is 4.96. The van der Waals surface area contributed by atoms with E-state index in [0.717, 1.165) is 23.0 Å². The van der Waals surface area contributed by atoms with Gasteiger partial charge in [-0.3, -0.25) is 4.79 Å². The molecule has 1 aliphatic heterocycles. The zero-order valence-corrected chi connectivity index (χ0v) is 14.0. The largest absolute Gasteiger partial charge is 0.302 e. The van der Waals surface area contributed by atoms with Crippen LogP contribution in [0.25, 0.3) is 0 Å². The highest BCUT2D eigenvalue weighted by atomic mass is 79.9. The number of anilines is 1. The van der Waals surface area contributed by atoms with E-state index < -0.39 is 0 Å². The van der Waals surface area contributed by atoms with Crippen molar-refractivity contribution < 1.29 is 4.79 Å². The number of β-lactam (4-membered cyclic amide) rings is 1. The summed E-state index contributed by atoms with van der Waals surface area (Å²) in [5.74, 6) is 0.320. The summed E-state index contributed by atoms with van der Waals surface area (Å²) < 4.78 is 1.04. The molecule has 1 aliphatic carbocycles. The normalized spacial score (nSPS) is 23.6. The monoisotopic (exact) mass is 361 g/mol. The minimum atomic E-state index is -0.127. The van der Waals surface area contributed by atoms with Crippen molar-refractivity contribution in [3.05, 3.63) is 51.1 Å². The first-order chi connectivity index (χ1) is 10.2. The Hall–Kier alpha value is -1.13. The average Bonchev–Trinajstić information content (AvgIpc) is 3.18. The predicted molar refractivity (Wildman–Crippen MR) is 89.6 cm³/mol. The van der Waals surface area contributed by atoms with E-state index in [1.807, 2.05) is 29.2 Å². The molecule has 1 aromatic heterocycles. The topological polar surface area (TPSA) is 20.3 Å². The van der Waals surface area contributed by atoms with Crippen LogP contribution in [0.3, 0.4) is 0 Å². The van der Waals surface area contributed by atoms with Crippen LogP contribution in [0.4, 0.5) is 5.69 Å². The van der Waals surface area contributed by atoms with Gasteiger partial charge in [-0.2, -0.15) is 0 Å². The number of rotatable bonds is 2. The van der Waals surface area contributed by atoms with Crippen molar-refractivity contribution in [2.45, 2.75) is 31.7 Å². The Morgan fingerprint density at radius 1 is 1.14 bits per heavy atom. The van der Waals surface area contributed by atoms with E-state index in [1.54, 1.807) is 11.3 Å². The average molecular weight is 362 g/mol. The van der Waals surface area contributed by atoms with Crippen LogP contribution in [0.1, 0.15) is 36.6 Å². The van der Waals surface area contributed by atoms with Crippen LogP contribution in [-0.2, 0) is 4.79 Å². The highest BCUT2D eigenvalue weighted by Crippen LogP contribution is 2.60. The van der Waals surface area contributed by atoms with Crippen molar-refractivity contribution in [3.8, 4) is 0 Å². The molecule has 1 unspecified atom stereocenters. The minimum absolute atomic E-state index is 0.127. The Morgan fingerprint density at radius 2 is 1.86 bits per heavy atom. The van der Waals surface area contributed by atoms with Gasteiger partial charge in [0.2, 0.25) is 5.91 Å². The van der Waals surface area contributed by atoms with E-state index in [2.05, 4.69) is 33.4 Å². The first kappa shape index (κ1) is 13.5. The van der Waals surface area contributed by atoms with Crippen molar-refractivity contribution in [3.63, 3.8) is 0 Å².